The molecular formula is C20H20FN5O4S. The number of para-hydroxylation sites is 1. The zero-order valence-corrected chi connectivity index (χ0v) is 17.6. The molecule has 1 amide bonds. The second kappa shape index (κ2) is 9.94. The third kappa shape index (κ3) is 5.31. The Morgan fingerprint density at radius 3 is 2.58 bits per heavy atom. The number of methoxy groups -OCH3 is 1. The van der Waals surface area contributed by atoms with Crippen molar-refractivity contribution in [1.82, 2.24) is 14.9 Å². The number of nitrogen functional groups attached to an aromatic ring is 1. The summed E-state index contributed by atoms with van der Waals surface area (Å²) in [6, 6.07) is 12.2. The van der Waals surface area contributed by atoms with Crippen molar-refractivity contribution in [3.8, 4) is 5.75 Å². The van der Waals surface area contributed by atoms with Crippen molar-refractivity contribution in [3.63, 3.8) is 0 Å². The summed E-state index contributed by atoms with van der Waals surface area (Å²) in [5, 5.41) is 8.25. The molecule has 9 nitrogen and oxygen atoms in total. The molecule has 0 atom stereocenters. The summed E-state index contributed by atoms with van der Waals surface area (Å²) < 4.78 is 24.5. The first-order valence-electron chi connectivity index (χ1n) is 9.05. The normalized spacial score (nSPS) is 10.5. The number of halogens is 1. The van der Waals surface area contributed by atoms with Crippen LogP contribution in [0.5, 0.6) is 5.75 Å². The monoisotopic (exact) mass is 445 g/mol. The van der Waals surface area contributed by atoms with Crippen LogP contribution in [-0.4, -0.2) is 46.7 Å². The summed E-state index contributed by atoms with van der Waals surface area (Å²) in [4.78, 5) is 25.9. The summed E-state index contributed by atoms with van der Waals surface area (Å²) >= 11 is 1.09. The average Bonchev–Trinajstić information content (AvgIpc) is 3.15. The van der Waals surface area contributed by atoms with Gasteiger partial charge in [0.05, 0.1) is 24.1 Å². The first-order valence-corrected chi connectivity index (χ1v) is 10.0. The summed E-state index contributed by atoms with van der Waals surface area (Å²) in [7, 11) is 2.85. The molecule has 0 aliphatic heterocycles. The Morgan fingerprint density at radius 1 is 1.16 bits per heavy atom. The second-order valence-corrected chi connectivity index (χ2v) is 7.20. The van der Waals surface area contributed by atoms with Crippen molar-refractivity contribution in [2.45, 2.75) is 11.8 Å². The molecule has 1 heterocycles. The first-order chi connectivity index (χ1) is 14.9. The maximum Gasteiger partial charge on any atom is 0.339 e. The molecule has 0 aliphatic carbocycles. The lowest BCUT2D eigenvalue weighted by Crippen LogP contribution is -2.30. The number of rotatable bonds is 8. The van der Waals surface area contributed by atoms with E-state index in [1.165, 1.54) is 41.0 Å². The highest BCUT2D eigenvalue weighted by Crippen LogP contribution is 2.22. The van der Waals surface area contributed by atoms with Gasteiger partial charge in [-0.2, -0.15) is 0 Å². The van der Waals surface area contributed by atoms with Crippen LogP contribution in [0.15, 0.2) is 53.7 Å². The first kappa shape index (κ1) is 22.1. The number of carbonyl (C=O) groups is 2. The van der Waals surface area contributed by atoms with Crippen LogP contribution < -0.4 is 15.5 Å². The Balaban J connectivity index is 1.61. The standard InChI is InChI=1S/C20H20FN5O4S/c1-25(16-6-4-3-5-15(16)19(28)29-2)18(27)12-31-20-24-23-17(26(20)22)11-30-14-9-7-13(21)8-10-14/h3-10H,11-12,22H2,1-2H3. The van der Waals surface area contributed by atoms with Gasteiger partial charge in [0, 0.05) is 7.05 Å². The number of anilines is 1. The van der Waals surface area contributed by atoms with Gasteiger partial charge < -0.3 is 20.2 Å². The molecule has 11 heteroatoms. The van der Waals surface area contributed by atoms with Gasteiger partial charge in [-0.05, 0) is 36.4 Å². The minimum absolute atomic E-state index is 0.0140. The molecule has 0 radical (unpaired) electrons. The van der Waals surface area contributed by atoms with Gasteiger partial charge in [-0.25, -0.2) is 13.9 Å². The predicted molar refractivity (Wildman–Crippen MR) is 113 cm³/mol. The van der Waals surface area contributed by atoms with Crippen LogP contribution in [0.4, 0.5) is 10.1 Å². The molecule has 0 bridgehead atoms. The van der Waals surface area contributed by atoms with Gasteiger partial charge in [-0.3, -0.25) is 4.79 Å². The van der Waals surface area contributed by atoms with Crippen LogP contribution >= 0.6 is 11.8 Å². The topological polar surface area (TPSA) is 113 Å². The molecule has 3 aromatic rings. The van der Waals surface area contributed by atoms with Gasteiger partial charge in [0.25, 0.3) is 0 Å². The number of ether oxygens (including phenoxy) is 2. The minimum atomic E-state index is -0.532. The molecule has 3 rings (SSSR count). The van der Waals surface area contributed by atoms with Crippen LogP contribution in [0.3, 0.4) is 0 Å². The van der Waals surface area contributed by atoms with Crippen LogP contribution in [0.1, 0.15) is 16.2 Å². The fraction of sp³-hybridized carbons (Fsp3) is 0.200. The highest BCUT2D eigenvalue weighted by Gasteiger charge is 2.20. The van der Waals surface area contributed by atoms with Crippen molar-refractivity contribution in [3.05, 3.63) is 65.7 Å². The van der Waals surface area contributed by atoms with Crippen molar-refractivity contribution in [1.29, 1.82) is 0 Å². The highest BCUT2D eigenvalue weighted by molar-refractivity contribution is 7.99. The largest absolute Gasteiger partial charge is 0.486 e. The van der Waals surface area contributed by atoms with E-state index in [2.05, 4.69) is 10.2 Å². The van der Waals surface area contributed by atoms with E-state index in [1.807, 2.05) is 0 Å². The number of hydrogen-bond donors (Lipinski definition) is 1. The molecule has 2 aromatic carbocycles. The highest BCUT2D eigenvalue weighted by atomic mass is 32.2. The molecule has 1 aromatic heterocycles. The van der Waals surface area contributed by atoms with Crippen LogP contribution in [0.25, 0.3) is 0 Å². The van der Waals surface area contributed by atoms with Crippen molar-refractivity contribution >= 4 is 29.3 Å². The number of amides is 1. The number of nitrogens with two attached hydrogens (primary N) is 1. The van der Waals surface area contributed by atoms with Gasteiger partial charge in [-0.1, -0.05) is 23.9 Å². The predicted octanol–water partition coefficient (Wildman–Crippen LogP) is 2.25. The van der Waals surface area contributed by atoms with Crippen molar-refractivity contribution < 1.29 is 23.5 Å². The van der Waals surface area contributed by atoms with Gasteiger partial charge in [0.15, 0.2) is 5.82 Å². The zero-order chi connectivity index (χ0) is 22.4. The third-order valence-electron chi connectivity index (χ3n) is 4.29. The molecule has 0 saturated carbocycles. The number of nitrogens with zero attached hydrogens (tertiary/aromatic N) is 4. The quantitative estimate of drug-likeness (QED) is 0.319. The van der Waals surface area contributed by atoms with E-state index in [0.29, 0.717) is 22.4 Å². The van der Waals surface area contributed by atoms with E-state index in [0.717, 1.165) is 11.8 Å². The maximum atomic E-state index is 13.0. The molecule has 0 spiro atoms. The summed E-state index contributed by atoms with van der Waals surface area (Å²) in [5.41, 5.74) is 0.718. The SMILES string of the molecule is COC(=O)c1ccccc1N(C)C(=O)CSc1nnc(COc2ccc(F)cc2)n1N. The Hall–Kier alpha value is -3.60. The smallest absolute Gasteiger partial charge is 0.339 e. The molecule has 0 unspecified atom stereocenters. The minimum Gasteiger partial charge on any atom is -0.486 e. The molecule has 31 heavy (non-hydrogen) atoms. The Labute approximate surface area is 181 Å². The fourth-order valence-electron chi connectivity index (χ4n) is 2.59. The lowest BCUT2D eigenvalue weighted by molar-refractivity contribution is -0.115. The van der Waals surface area contributed by atoms with E-state index in [1.54, 1.807) is 31.3 Å². The average molecular weight is 445 g/mol. The Morgan fingerprint density at radius 2 is 1.87 bits per heavy atom. The lowest BCUT2D eigenvalue weighted by atomic mass is 10.1. The summed E-state index contributed by atoms with van der Waals surface area (Å²) in [6.45, 7) is 0.0239. The number of benzene rings is 2. The van der Waals surface area contributed by atoms with E-state index in [9.17, 15) is 14.0 Å². The van der Waals surface area contributed by atoms with Gasteiger partial charge in [0.2, 0.25) is 11.1 Å². The van der Waals surface area contributed by atoms with Crippen LogP contribution in [0, 0.1) is 5.82 Å². The van der Waals surface area contributed by atoms with E-state index < -0.39 is 5.97 Å². The Kier molecular flexibility index (Phi) is 7.08. The zero-order valence-electron chi connectivity index (χ0n) is 16.8. The van der Waals surface area contributed by atoms with Gasteiger partial charge in [0.1, 0.15) is 18.2 Å². The number of thioether (sulfide) groups is 1. The molecule has 162 valence electrons. The Bertz CT molecular complexity index is 1070. The fourth-order valence-corrected chi connectivity index (χ4v) is 3.38. The lowest BCUT2D eigenvalue weighted by Gasteiger charge is -2.19. The maximum absolute atomic E-state index is 13.0. The molecule has 0 fully saturated rings. The third-order valence-corrected chi connectivity index (χ3v) is 5.21. The second-order valence-electron chi connectivity index (χ2n) is 6.26. The number of carbonyl (C=O) groups excluding carboxylic acids is 2. The molecule has 0 saturated heterocycles. The molecule has 0 aliphatic rings. The number of hydrogen-bond acceptors (Lipinski definition) is 8. The van der Waals surface area contributed by atoms with Crippen molar-refractivity contribution in [2.75, 3.05) is 30.7 Å². The van der Waals surface area contributed by atoms with Crippen LogP contribution in [-0.2, 0) is 16.1 Å². The summed E-state index contributed by atoms with van der Waals surface area (Å²) in [6.07, 6.45) is 0. The number of aromatic nitrogens is 3. The van der Waals surface area contributed by atoms with E-state index >= 15 is 0 Å². The van der Waals surface area contributed by atoms with Crippen molar-refractivity contribution in [2.24, 2.45) is 0 Å². The molecule has 2 N–H and O–H groups in total. The summed E-state index contributed by atoms with van der Waals surface area (Å²) in [5.74, 6) is 5.63. The van der Waals surface area contributed by atoms with E-state index in [4.69, 9.17) is 15.3 Å². The van der Waals surface area contributed by atoms with Gasteiger partial charge in [-0.15, -0.1) is 10.2 Å². The van der Waals surface area contributed by atoms with Gasteiger partial charge >= 0.3 is 5.97 Å². The van der Waals surface area contributed by atoms with Crippen LogP contribution in [0.2, 0.25) is 0 Å². The molecular weight excluding hydrogens is 425 g/mol. The number of esters is 1. The van der Waals surface area contributed by atoms with E-state index in [-0.39, 0.29) is 29.6 Å².